The molecule has 5 saturated carbocycles. The molecule has 1 amide bonds. The molecular weight excluding hydrogens is 392 g/mol. The number of nitrogens with zero attached hydrogens (tertiary/aromatic N) is 3. The van der Waals surface area contributed by atoms with Crippen LogP contribution in [0.5, 0.6) is 0 Å². The Morgan fingerprint density at radius 2 is 2.00 bits per heavy atom. The molecule has 2 unspecified atom stereocenters. The number of anilines is 1. The van der Waals surface area contributed by atoms with Crippen LogP contribution in [-0.2, 0) is 4.74 Å². The highest BCUT2D eigenvalue weighted by atomic mass is 16.5. The molecule has 1 aromatic heterocycles. The first-order valence-corrected chi connectivity index (χ1v) is 12.3. The second-order valence-corrected chi connectivity index (χ2v) is 11.3. The van der Waals surface area contributed by atoms with Crippen molar-refractivity contribution in [2.75, 3.05) is 18.1 Å². The van der Waals surface area contributed by atoms with Crippen LogP contribution in [0.3, 0.4) is 0 Å². The van der Waals surface area contributed by atoms with Gasteiger partial charge in [0, 0.05) is 24.7 Å². The van der Waals surface area contributed by atoms with Crippen LogP contribution in [0.25, 0.3) is 0 Å². The zero-order valence-electron chi connectivity index (χ0n) is 18.0. The summed E-state index contributed by atoms with van der Waals surface area (Å²) in [5.41, 5.74) is 1.14. The van der Waals surface area contributed by atoms with Crippen LogP contribution >= 0.6 is 0 Å². The minimum absolute atomic E-state index is 0.0100. The standard InChI is InChI=1S/C24H32N4O3/c29-22(26-20-15-4-13-5-16(20)9-24(30,7-13)8-15)19-10-25-23(27-21(19)14-2-1-3-14)28-11-18-6-17(28)12-31-18/h10,13-18,20,30H,1-9,11-12H2,(H,26,29)/t13?,15?,16?,17-,18-,20-,24+/m0/s1. The fourth-order valence-electron chi connectivity index (χ4n) is 7.78. The highest BCUT2D eigenvalue weighted by molar-refractivity contribution is 5.95. The van der Waals surface area contributed by atoms with Gasteiger partial charge in [0.15, 0.2) is 0 Å². The number of aromatic nitrogens is 2. The van der Waals surface area contributed by atoms with E-state index in [9.17, 15) is 9.90 Å². The molecule has 1 aromatic rings. The number of hydrogen-bond donors (Lipinski definition) is 2. The quantitative estimate of drug-likeness (QED) is 0.772. The number of carbonyl (C=O) groups is 1. The van der Waals surface area contributed by atoms with E-state index in [2.05, 4.69) is 15.2 Å². The van der Waals surface area contributed by atoms with Gasteiger partial charge < -0.3 is 20.1 Å². The number of aliphatic hydroxyl groups is 1. The predicted octanol–water partition coefficient (Wildman–Crippen LogP) is 2.39. The van der Waals surface area contributed by atoms with Gasteiger partial charge in [0.1, 0.15) is 0 Å². The Morgan fingerprint density at radius 3 is 2.61 bits per heavy atom. The lowest BCUT2D eigenvalue weighted by atomic mass is 9.52. The Kier molecular flexibility index (Phi) is 4.03. The molecule has 0 radical (unpaired) electrons. The van der Waals surface area contributed by atoms with Crippen molar-refractivity contribution in [3.05, 3.63) is 17.5 Å². The van der Waals surface area contributed by atoms with E-state index in [4.69, 9.17) is 9.72 Å². The monoisotopic (exact) mass is 424 g/mol. The van der Waals surface area contributed by atoms with Gasteiger partial charge in [0.2, 0.25) is 5.95 Å². The van der Waals surface area contributed by atoms with Crippen LogP contribution in [0.15, 0.2) is 6.20 Å². The normalized spacial score (nSPS) is 42.8. The van der Waals surface area contributed by atoms with E-state index in [1.54, 1.807) is 6.20 Å². The smallest absolute Gasteiger partial charge is 0.254 e. The van der Waals surface area contributed by atoms with Gasteiger partial charge in [-0.25, -0.2) is 9.97 Å². The topological polar surface area (TPSA) is 87.6 Å². The summed E-state index contributed by atoms with van der Waals surface area (Å²) in [7, 11) is 0. The third-order valence-electron chi connectivity index (χ3n) is 9.24. The van der Waals surface area contributed by atoms with E-state index in [0.717, 1.165) is 76.2 Å². The Morgan fingerprint density at radius 1 is 1.19 bits per heavy atom. The molecule has 166 valence electrons. The molecule has 5 aliphatic carbocycles. The van der Waals surface area contributed by atoms with Crippen LogP contribution < -0.4 is 10.2 Å². The fraction of sp³-hybridized carbons (Fsp3) is 0.792. The predicted molar refractivity (Wildman–Crippen MR) is 114 cm³/mol. The number of hydrogen-bond acceptors (Lipinski definition) is 6. The van der Waals surface area contributed by atoms with Crippen molar-refractivity contribution in [1.29, 1.82) is 0 Å². The van der Waals surface area contributed by atoms with Crippen molar-refractivity contribution in [3.8, 4) is 0 Å². The highest BCUT2D eigenvalue weighted by Crippen LogP contribution is 2.55. The van der Waals surface area contributed by atoms with Gasteiger partial charge in [-0.2, -0.15) is 0 Å². The maximum absolute atomic E-state index is 13.5. The van der Waals surface area contributed by atoms with E-state index in [1.807, 2.05) is 0 Å². The molecule has 0 spiro atoms. The molecule has 3 heterocycles. The van der Waals surface area contributed by atoms with Crippen molar-refractivity contribution in [2.24, 2.45) is 17.8 Å². The third kappa shape index (κ3) is 2.95. The van der Waals surface area contributed by atoms with Gasteiger partial charge in [-0.05, 0) is 69.1 Å². The van der Waals surface area contributed by atoms with E-state index in [0.29, 0.717) is 41.4 Å². The number of rotatable bonds is 4. The molecule has 7 heteroatoms. The van der Waals surface area contributed by atoms with Crippen molar-refractivity contribution >= 4 is 11.9 Å². The highest BCUT2D eigenvalue weighted by Gasteiger charge is 2.55. The average Bonchev–Trinajstić information content (AvgIpc) is 3.31. The summed E-state index contributed by atoms with van der Waals surface area (Å²) in [4.78, 5) is 25.4. The molecule has 6 bridgehead atoms. The van der Waals surface area contributed by atoms with Gasteiger partial charge in [-0.15, -0.1) is 0 Å². The summed E-state index contributed by atoms with van der Waals surface area (Å²) in [6.45, 7) is 1.61. The first-order chi connectivity index (χ1) is 15.0. The molecule has 7 fully saturated rings. The van der Waals surface area contributed by atoms with E-state index >= 15 is 0 Å². The fourth-order valence-corrected chi connectivity index (χ4v) is 7.78. The maximum atomic E-state index is 13.5. The number of morpholine rings is 1. The van der Waals surface area contributed by atoms with E-state index in [1.165, 1.54) is 6.42 Å². The number of amides is 1. The van der Waals surface area contributed by atoms with Crippen LogP contribution in [-0.4, -0.2) is 57.9 Å². The van der Waals surface area contributed by atoms with Crippen LogP contribution in [0.1, 0.15) is 79.8 Å². The zero-order valence-corrected chi connectivity index (χ0v) is 18.0. The van der Waals surface area contributed by atoms with E-state index < -0.39 is 5.60 Å². The first kappa shape index (κ1) is 18.8. The number of fused-ring (bicyclic) bond motifs is 2. The van der Waals surface area contributed by atoms with Gasteiger partial charge in [0.25, 0.3) is 5.91 Å². The van der Waals surface area contributed by atoms with Gasteiger partial charge in [0.05, 0.1) is 35.6 Å². The molecule has 2 N–H and O–H groups in total. The maximum Gasteiger partial charge on any atom is 0.254 e. The largest absolute Gasteiger partial charge is 0.390 e. The number of ether oxygens (including phenoxy) is 1. The summed E-state index contributed by atoms with van der Waals surface area (Å²) in [5, 5.41) is 14.3. The molecule has 7 aliphatic rings. The molecule has 2 saturated heterocycles. The van der Waals surface area contributed by atoms with Crippen molar-refractivity contribution < 1.29 is 14.6 Å². The lowest BCUT2D eigenvalue weighted by molar-refractivity contribution is -0.136. The second-order valence-electron chi connectivity index (χ2n) is 11.3. The van der Waals surface area contributed by atoms with Gasteiger partial charge >= 0.3 is 0 Å². The molecule has 0 aromatic carbocycles. The average molecular weight is 425 g/mol. The lowest BCUT2D eigenvalue weighted by Gasteiger charge is -2.58. The number of nitrogens with one attached hydrogen (secondary N) is 1. The Bertz CT molecular complexity index is 902. The van der Waals surface area contributed by atoms with Crippen LogP contribution in [0, 0.1) is 17.8 Å². The Hall–Kier alpha value is -1.73. The third-order valence-corrected chi connectivity index (χ3v) is 9.24. The summed E-state index contributed by atoms with van der Waals surface area (Å²) < 4.78 is 5.73. The molecule has 7 nitrogen and oxygen atoms in total. The van der Waals surface area contributed by atoms with Gasteiger partial charge in [-0.3, -0.25) is 4.79 Å². The summed E-state index contributed by atoms with van der Waals surface area (Å²) in [6.07, 6.45) is 11.5. The summed E-state index contributed by atoms with van der Waals surface area (Å²) in [5.74, 6) is 2.59. The van der Waals surface area contributed by atoms with Crippen LogP contribution in [0.4, 0.5) is 5.95 Å². The molecular formula is C24H32N4O3. The van der Waals surface area contributed by atoms with E-state index in [-0.39, 0.29) is 11.9 Å². The molecule has 8 rings (SSSR count). The Balaban J connectivity index is 1.15. The molecule has 2 aliphatic heterocycles. The number of carbonyl (C=O) groups excluding carboxylic acids is 1. The summed E-state index contributed by atoms with van der Waals surface area (Å²) >= 11 is 0. The minimum Gasteiger partial charge on any atom is -0.390 e. The zero-order chi connectivity index (χ0) is 20.7. The Labute approximate surface area is 183 Å². The minimum atomic E-state index is -0.474. The SMILES string of the molecule is O=C(N[C@H]1C2CC3CC1C[C@@](O)(C3)C2)c1cnc(N2C[C@@H]3C[C@H]2CO3)nc1C1CCC1. The van der Waals surface area contributed by atoms with Crippen molar-refractivity contribution in [2.45, 2.75) is 87.5 Å². The van der Waals surface area contributed by atoms with Gasteiger partial charge in [-0.1, -0.05) is 6.42 Å². The first-order valence-electron chi connectivity index (χ1n) is 12.3. The van der Waals surface area contributed by atoms with Crippen LogP contribution in [0.2, 0.25) is 0 Å². The molecule has 4 atom stereocenters. The second kappa shape index (κ2) is 6.64. The van der Waals surface area contributed by atoms with Crippen molar-refractivity contribution in [1.82, 2.24) is 15.3 Å². The van der Waals surface area contributed by atoms with Crippen molar-refractivity contribution in [3.63, 3.8) is 0 Å². The lowest BCUT2D eigenvalue weighted by Crippen LogP contribution is -2.61. The summed E-state index contributed by atoms with van der Waals surface area (Å²) in [6, 6.07) is 0.558. The molecule has 31 heavy (non-hydrogen) atoms.